The molecule has 1 aliphatic rings. The number of para-hydroxylation sites is 1. The van der Waals surface area contributed by atoms with Crippen LogP contribution in [-0.2, 0) is 30.6 Å². The third-order valence-electron chi connectivity index (χ3n) is 4.92. The number of hydrogen-bond acceptors (Lipinski definition) is 9. The maximum absolute atomic E-state index is 15.2. The summed E-state index contributed by atoms with van der Waals surface area (Å²) in [6.07, 6.45) is -4.50. The fourth-order valence-electron chi connectivity index (χ4n) is 3.22. The minimum Gasteiger partial charge on any atom is -0.462 e. The van der Waals surface area contributed by atoms with Crippen LogP contribution >= 0.6 is 18.2 Å². The largest absolute Gasteiger partial charge is 0.462 e. The van der Waals surface area contributed by atoms with Crippen molar-refractivity contribution in [1.82, 2.24) is 14.6 Å². The van der Waals surface area contributed by atoms with Crippen LogP contribution in [0.5, 0.6) is 5.75 Å². The van der Waals surface area contributed by atoms with Gasteiger partial charge in [0, 0.05) is 12.3 Å². The zero-order valence-corrected chi connectivity index (χ0v) is 22.0. The van der Waals surface area contributed by atoms with Gasteiger partial charge in [-0.1, -0.05) is 29.8 Å². The molecule has 1 aromatic carbocycles. The van der Waals surface area contributed by atoms with Gasteiger partial charge < -0.3 is 23.6 Å². The van der Waals surface area contributed by atoms with Crippen molar-refractivity contribution in [2.24, 2.45) is 0 Å². The van der Waals surface area contributed by atoms with Crippen LogP contribution in [0.2, 0.25) is 0 Å². The molecule has 1 aliphatic heterocycles. The van der Waals surface area contributed by atoms with E-state index in [2.05, 4.69) is 5.09 Å². The number of ether oxygens (including phenoxy) is 2. The second-order valence-corrected chi connectivity index (χ2v) is 11.9. The van der Waals surface area contributed by atoms with Crippen molar-refractivity contribution in [2.45, 2.75) is 56.5 Å². The molecule has 0 radical (unpaired) electrons. The number of halogens is 2. The summed E-state index contributed by atoms with van der Waals surface area (Å²) in [6.45, 7) is 0.859. The second-order valence-electron chi connectivity index (χ2n) is 8.20. The monoisotopic (exact) mass is 565 g/mol. The summed E-state index contributed by atoms with van der Waals surface area (Å²) < 4.78 is 38.3. The highest BCUT2D eigenvalue weighted by Crippen LogP contribution is 2.48. The van der Waals surface area contributed by atoms with Crippen LogP contribution in [0.1, 0.15) is 27.0 Å². The van der Waals surface area contributed by atoms with Crippen molar-refractivity contribution >= 4 is 36.0 Å². The number of nitrogens with zero attached hydrogens (tertiary/aromatic N) is 1. The van der Waals surface area contributed by atoms with Crippen LogP contribution in [0.4, 0.5) is 4.39 Å². The SMILES string of the molecule is CC(C)OC(=O)[C@H](C)NP(=S)(OC[C@H]1O[C@@H](n2ccc(=O)[nH]c2=O)[C@@](F)(Cl)[C@@H]1O)Oc1ccccc1. The number of nitrogens with one attached hydrogen (secondary N) is 2. The molecule has 0 saturated carbocycles. The van der Waals surface area contributed by atoms with E-state index in [4.69, 9.17) is 41.9 Å². The summed E-state index contributed by atoms with van der Waals surface area (Å²) in [5.41, 5.74) is -1.69. The third kappa shape index (κ3) is 6.80. The zero-order valence-electron chi connectivity index (χ0n) is 19.5. The highest BCUT2D eigenvalue weighted by atomic mass is 35.5. The first-order chi connectivity index (χ1) is 16.8. The maximum Gasteiger partial charge on any atom is 0.330 e. The number of aliphatic hydroxyl groups excluding tert-OH is 1. The molecule has 3 rings (SSSR count). The summed E-state index contributed by atoms with van der Waals surface area (Å²) in [7, 11) is 0. The number of aliphatic hydroxyl groups is 1. The number of H-pyrrole nitrogens is 1. The Bertz CT molecular complexity index is 1230. The van der Waals surface area contributed by atoms with Gasteiger partial charge in [0.05, 0.1) is 12.7 Å². The number of aromatic amines is 1. The van der Waals surface area contributed by atoms with Crippen LogP contribution in [0.25, 0.3) is 0 Å². The Labute approximate surface area is 215 Å². The van der Waals surface area contributed by atoms with E-state index in [1.165, 1.54) is 6.92 Å². The first-order valence-corrected chi connectivity index (χ1v) is 13.8. The molecule has 6 atom stereocenters. The lowest BCUT2D eigenvalue weighted by molar-refractivity contribution is -0.149. The van der Waals surface area contributed by atoms with Crippen LogP contribution < -0.4 is 20.9 Å². The van der Waals surface area contributed by atoms with E-state index in [-0.39, 0.29) is 6.10 Å². The molecule has 1 unspecified atom stereocenters. The van der Waals surface area contributed by atoms with Crippen molar-refractivity contribution in [3.8, 4) is 5.75 Å². The van der Waals surface area contributed by atoms with Gasteiger partial charge in [0.15, 0.2) is 6.23 Å². The lowest BCUT2D eigenvalue weighted by Gasteiger charge is -2.28. The molecule has 2 heterocycles. The van der Waals surface area contributed by atoms with Gasteiger partial charge >= 0.3 is 18.3 Å². The van der Waals surface area contributed by atoms with Gasteiger partial charge in [0.25, 0.3) is 10.7 Å². The minimum atomic E-state index is -3.51. The van der Waals surface area contributed by atoms with Gasteiger partial charge in [0.2, 0.25) is 0 Å². The molecule has 0 bridgehead atoms. The molecule has 0 amide bonds. The van der Waals surface area contributed by atoms with E-state index in [1.54, 1.807) is 44.2 Å². The lowest BCUT2D eigenvalue weighted by Crippen LogP contribution is -2.42. The standard InChI is InChI=1S/C21H26ClFN3O8PS/c1-12(2)32-18(29)13(3)25-35(36,34-14-7-5-4-6-8-14)31-11-15-17(28)21(22,23)19(33-15)26-10-9-16(27)24-20(26)30/h4-10,12-13,15,17,19,28H,11H2,1-3H3,(H,25,36)(H,24,27,30)/t13-,15+,17+,19+,21+,35?/m0/s1. The van der Waals surface area contributed by atoms with Gasteiger partial charge in [-0.2, -0.15) is 0 Å². The average Bonchev–Trinajstić information content (AvgIpc) is 3.01. The number of benzene rings is 1. The fourth-order valence-corrected chi connectivity index (χ4v) is 5.94. The Hall–Kier alpha value is -2.12. The van der Waals surface area contributed by atoms with Gasteiger partial charge in [-0.3, -0.25) is 19.1 Å². The van der Waals surface area contributed by atoms with E-state index in [9.17, 15) is 19.5 Å². The van der Waals surface area contributed by atoms with Crippen molar-refractivity contribution in [3.63, 3.8) is 0 Å². The molecule has 0 spiro atoms. The number of aromatic nitrogens is 2. The predicted octanol–water partition coefficient (Wildman–Crippen LogP) is 1.95. The topological polar surface area (TPSA) is 141 Å². The number of hydrogen-bond donors (Lipinski definition) is 3. The predicted molar refractivity (Wildman–Crippen MR) is 132 cm³/mol. The minimum absolute atomic E-state index is 0.334. The second kappa shape index (κ2) is 11.5. The summed E-state index contributed by atoms with van der Waals surface area (Å²) in [6, 6.07) is 8.44. The number of esters is 1. The van der Waals surface area contributed by atoms with Crippen molar-refractivity contribution in [1.29, 1.82) is 0 Å². The Morgan fingerprint density at radius 1 is 1.33 bits per heavy atom. The summed E-state index contributed by atoms with van der Waals surface area (Å²) in [5.74, 6) is -0.266. The van der Waals surface area contributed by atoms with E-state index in [1.807, 2.05) is 4.98 Å². The first kappa shape index (κ1) is 28.5. The normalized spacial score (nSPS) is 26.4. The highest BCUT2D eigenvalue weighted by Gasteiger charge is 2.58. The summed E-state index contributed by atoms with van der Waals surface area (Å²) >= 11 is 11.5. The smallest absolute Gasteiger partial charge is 0.330 e. The molecule has 2 aromatic rings. The quantitative estimate of drug-likeness (QED) is 0.222. The van der Waals surface area contributed by atoms with Crippen LogP contribution in [0, 0.1) is 0 Å². The van der Waals surface area contributed by atoms with Gasteiger partial charge in [-0.15, -0.1) is 0 Å². The molecular weight excluding hydrogens is 540 g/mol. The molecule has 198 valence electrons. The summed E-state index contributed by atoms with van der Waals surface area (Å²) in [4.78, 5) is 37.7. The average molecular weight is 566 g/mol. The van der Waals surface area contributed by atoms with Crippen molar-refractivity contribution < 1.29 is 32.8 Å². The molecule has 15 heteroatoms. The van der Waals surface area contributed by atoms with Gasteiger partial charge in [0.1, 0.15) is 24.0 Å². The molecule has 11 nitrogen and oxygen atoms in total. The van der Waals surface area contributed by atoms with E-state index in [0.29, 0.717) is 10.3 Å². The molecule has 0 aliphatic carbocycles. The molecular formula is C21H26ClFN3O8PS. The number of alkyl halides is 2. The summed E-state index contributed by atoms with van der Waals surface area (Å²) in [5, 5.41) is 10.4. The van der Waals surface area contributed by atoms with Crippen LogP contribution in [-0.4, -0.2) is 56.7 Å². The van der Waals surface area contributed by atoms with Gasteiger partial charge in [-0.05, 0) is 44.7 Å². The number of carbonyl (C=O) groups excluding carboxylic acids is 1. The van der Waals surface area contributed by atoms with Crippen LogP contribution in [0.15, 0.2) is 52.2 Å². The third-order valence-corrected chi connectivity index (χ3v) is 7.83. The Morgan fingerprint density at radius 2 is 2.00 bits per heavy atom. The highest BCUT2D eigenvalue weighted by molar-refractivity contribution is 8.09. The van der Waals surface area contributed by atoms with E-state index in [0.717, 1.165) is 12.3 Å². The molecule has 3 N–H and O–H groups in total. The Kier molecular flexibility index (Phi) is 9.10. The lowest BCUT2D eigenvalue weighted by atomic mass is 10.1. The molecule has 36 heavy (non-hydrogen) atoms. The Morgan fingerprint density at radius 3 is 2.61 bits per heavy atom. The van der Waals surface area contributed by atoms with E-state index < -0.39 is 60.1 Å². The zero-order chi connectivity index (χ0) is 26.7. The number of rotatable bonds is 10. The number of carbonyl (C=O) groups is 1. The maximum atomic E-state index is 15.2. The molecule has 1 aromatic heterocycles. The van der Waals surface area contributed by atoms with Gasteiger partial charge in [-0.25, -0.2) is 14.3 Å². The Balaban J connectivity index is 1.80. The molecule has 1 fully saturated rings. The van der Waals surface area contributed by atoms with E-state index >= 15 is 4.39 Å². The van der Waals surface area contributed by atoms with Crippen molar-refractivity contribution in [3.05, 3.63) is 63.4 Å². The molecule has 1 saturated heterocycles. The first-order valence-electron chi connectivity index (χ1n) is 10.8. The van der Waals surface area contributed by atoms with Crippen molar-refractivity contribution in [2.75, 3.05) is 6.61 Å². The van der Waals surface area contributed by atoms with Crippen LogP contribution in [0.3, 0.4) is 0 Å². The fraction of sp³-hybridized carbons (Fsp3) is 0.476.